The molecular formula is C22H33NO2. The van der Waals surface area contributed by atoms with Gasteiger partial charge in [-0.15, -0.1) is 0 Å². The number of hydrogen-bond donors (Lipinski definition) is 2. The zero-order valence-electron chi connectivity index (χ0n) is 15.6. The van der Waals surface area contributed by atoms with Crippen LogP contribution in [-0.4, -0.2) is 23.2 Å². The Labute approximate surface area is 152 Å². The molecule has 0 radical (unpaired) electrons. The van der Waals surface area contributed by atoms with Crippen molar-refractivity contribution in [3.63, 3.8) is 0 Å². The molecule has 1 aromatic carbocycles. The Bertz CT molecular complexity index is 577. The number of unbranched alkanes of at least 4 members (excludes halogenated alkanes) is 1. The highest BCUT2D eigenvalue weighted by atomic mass is 16.3. The average Bonchev–Trinajstić information content (AvgIpc) is 2.65. The van der Waals surface area contributed by atoms with Crippen LogP contribution in [0.2, 0.25) is 0 Å². The van der Waals surface area contributed by atoms with Gasteiger partial charge in [0, 0.05) is 18.9 Å². The molecule has 3 nitrogen and oxygen atoms in total. The molecule has 0 bridgehead atoms. The number of nitrogens with one attached hydrogen (secondary N) is 1. The Balaban J connectivity index is 1.45. The van der Waals surface area contributed by atoms with Crippen LogP contribution in [-0.2, 0) is 17.6 Å². The van der Waals surface area contributed by atoms with Crippen LogP contribution >= 0.6 is 0 Å². The van der Waals surface area contributed by atoms with Gasteiger partial charge in [0.15, 0.2) is 0 Å². The first-order chi connectivity index (χ1) is 12.1. The minimum absolute atomic E-state index is 0.150. The quantitative estimate of drug-likeness (QED) is 0.819. The molecular weight excluding hydrogens is 310 g/mol. The van der Waals surface area contributed by atoms with Crippen molar-refractivity contribution in [2.75, 3.05) is 6.54 Å². The Morgan fingerprint density at radius 3 is 2.64 bits per heavy atom. The van der Waals surface area contributed by atoms with Crippen LogP contribution in [0, 0.1) is 11.8 Å². The molecule has 3 rings (SSSR count). The fraction of sp³-hybridized carbons (Fsp3) is 0.682. The van der Waals surface area contributed by atoms with E-state index < -0.39 is 5.60 Å². The molecule has 2 aliphatic rings. The molecule has 1 unspecified atom stereocenters. The first-order valence-corrected chi connectivity index (χ1v) is 10.2. The summed E-state index contributed by atoms with van der Waals surface area (Å²) < 4.78 is 0. The second-order valence-corrected chi connectivity index (χ2v) is 8.25. The molecule has 25 heavy (non-hydrogen) atoms. The van der Waals surface area contributed by atoms with Crippen molar-refractivity contribution < 1.29 is 9.90 Å². The highest BCUT2D eigenvalue weighted by Gasteiger charge is 2.33. The predicted octanol–water partition coefficient (Wildman–Crippen LogP) is 4.02. The fourth-order valence-electron chi connectivity index (χ4n) is 4.54. The number of hydrogen-bond acceptors (Lipinski definition) is 2. The van der Waals surface area contributed by atoms with Gasteiger partial charge in [0.05, 0.1) is 5.60 Å². The maximum atomic E-state index is 12.5. The Morgan fingerprint density at radius 2 is 1.92 bits per heavy atom. The summed E-state index contributed by atoms with van der Waals surface area (Å²) in [7, 11) is 0. The zero-order chi connectivity index (χ0) is 17.7. The van der Waals surface area contributed by atoms with Crippen molar-refractivity contribution in [3.05, 3.63) is 35.4 Å². The molecule has 0 aliphatic heterocycles. The van der Waals surface area contributed by atoms with E-state index in [0.29, 0.717) is 13.0 Å². The van der Waals surface area contributed by atoms with E-state index in [-0.39, 0.29) is 11.8 Å². The first kappa shape index (κ1) is 18.4. The summed E-state index contributed by atoms with van der Waals surface area (Å²) in [5.74, 6) is 1.13. The standard InChI is InChI=1S/C22H33NO2/c1-2-3-6-17-9-11-19(12-10-17)21(24)23-16-22(25)14-13-18-7-4-5-8-20(18)15-22/h4-5,7-8,17,19,25H,2-3,6,9-16H2,1H3,(H,23,24). The maximum Gasteiger partial charge on any atom is 0.223 e. The number of fused-ring (bicyclic) bond motifs is 1. The van der Waals surface area contributed by atoms with Gasteiger partial charge in [0.25, 0.3) is 0 Å². The van der Waals surface area contributed by atoms with E-state index in [1.54, 1.807) is 0 Å². The molecule has 1 saturated carbocycles. The highest BCUT2D eigenvalue weighted by molar-refractivity contribution is 5.78. The van der Waals surface area contributed by atoms with E-state index in [1.165, 1.54) is 43.2 Å². The Morgan fingerprint density at radius 1 is 1.20 bits per heavy atom. The number of benzene rings is 1. The number of carbonyl (C=O) groups is 1. The van der Waals surface area contributed by atoms with E-state index in [4.69, 9.17) is 0 Å². The number of aliphatic hydroxyl groups is 1. The van der Waals surface area contributed by atoms with Crippen LogP contribution in [0.3, 0.4) is 0 Å². The second kappa shape index (κ2) is 8.35. The van der Waals surface area contributed by atoms with Gasteiger partial charge in [-0.3, -0.25) is 4.79 Å². The molecule has 1 fully saturated rings. The molecule has 2 N–H and O–H groups in total. The van der Waals surface area contributed by atoms with Gasteiger partial charge in [0.1, 0.15) is 0 Å². The molecule has 0 spiro atoms. The van der Waals surface area contributed by atoms with Crippen LogP contribution in [0.25, 0.3) is 0 Å². The first-order valence-electron chi connectivity index (χ1n) is 10.2. The molecule has 1 atom stereocenters. The van der Waals surface area contributed by atoms with Crippen molar-refractivity contribution in [1.82, 2.24) is 5.32 Å². The van der Waals surface area contributed by atoms with Crippen molar-refractivity contribution in [2.45, 2.75) is 76.7 Å². The van der Waals surface area contributed by atoms with Crippen molar-refractivity contribution in [2.24, 2.45) is 11.8 Å². The third-order valence-corrected chi connectivity index (χ3v) is 6.27. The van der Waals surface area contributed by atoms with E-state index in [9.17, 15) is 9.90 Å². The minimum Gasteiger partial charge on any atom is -0.388 e. The third kappa shape index (κ3) is 4.84. The lowest BCUT2D eigenvalue weighted by atomic mass is 9.78. The van der Waals surface area contributed by atoms with Gasteiger partial charge in [-0.2, -0.15) is 0 Å². The lowest BCUT2D eigenvalue weighted by Crippen LogP contribution is -2.48. The summed E-state index contributed by atoms with van der Waals surface area (Å²) in [6.07, 6.45) is 10.6. The zero-order valence-corrected chi connectivity index (χ0v) is 15.6. The van der Waals surface area contributed by atoms with Gasteiger partial charge < -0.3 is 10.4 Å². The molecule has 3 heteroatoms. The van der Waals surface area contributed by atoms with Crippen molar-refractivity contribution in [3.8, 4) is 0 Å². The minimum atomic E-state index is -0.789. The molecule has 0 heterocycles. The summed E-state index contributed by atoms with van der Waals surface area (Å²) >= 11 is 0. The number of rotatable bonds is 6. The molecule has 138 valence electrons. The Kier molecular flexibility index (Phi) is 6.16. The van der Waals surface area contributed by atoms with Crippen LogP contribution in [0.5, 0.6) is 0 Å². The van der Waals surface area contributed by atoms with Crippen LogP contribution in [0.15, 0.2) is 24.3 Å². The number of aryl methyl sites for hydroxylation is 1. The van der Waals surface area contributed by atoms with Crippen LogP contribution in [0.4, 0.5) is 0 Å². The second-order valence-electron chi connectivity index (χ2n) is 8.25. The maximum absolute atomic E-state index is 12.5. The lowest BCUT2D eigenvalue weighted by molar-refractivity contribution is -0.127. The number of carbonyl (C=O) groups excluding carboxylic acids is 1. The Hall–Kier alpha value is -1.35. The van der Waals surface area contributed by atoms with Crippen molar-refractivity contribution in [1.29, 1.82) is 0 Å². The fourth-order valence-corrected chi connectivity index (χ4v) is 4.54. The number of amides is 1. The largest absolute Gasteiger partial charge is 0.388 e. The summed E-state index contributed by atoms with van der Waals surface area (Å²) in [5.41, 5.74) is 1.77. The van der Waals surface area contributed by atoms with E-state index in [2.05, 4.69) is 30.4 Å². The smallest absolute Gasteiger partial charge is 0.223 e. The van der Waals surface area contributed by atoms with Gasteiger partial charge in [-0.25, -0.2) is 0 Å². The third-order valence-electron chi connectivity index (χ3n) is 6.27. The van der Waals surface area contributed by atoms with E-state index in [1.807, 2.05) is 6.07 Å². The van der Waals surface area contributed by atoms with Gasteiger partial charge in [-0.1, -0.05) is 50.5 Å². The summed E-state index contributed by atoms with van der Waals surface area (Å²) in [4.78, 5) is 12.5. The monoisotopic (exact) mass is 343 g/mol. The predicted molar refractivity (Wildman–Crippen MR) is 101 cm³/mol. The van der Waals surface area contributed by atoms with Crippen LogP contribution < -0.4 is 5.32 Å². The molecule has 0 aromatic heterocycles. The summed E-state index contributed by atoms with van der Waals surface area (Å²) in [6.45, 7) is 2.63. The SMILES string of the molecule is CCCCC1CCC(C(=O)NCC2(O)CCc3ccccc3C2)CC1. The topological polar surface area (TPSA) is 49.3 Å². The van der Waals surface area contributed by atoms with Gasteiger partial charge >= 0.3 is 0 Å². The lowest BCUT2D eigenvalue weighted by Gasteiger charge is -2.34. The van der Waals surface area contributed by atoms with Crippen LogP contribution in [0.1, 0.15) is 69.4 Å². The summed E-state index contributed by atoms with van der Waals surface area (Å²) in [6, 6.07) is 8.32. The molecule has 1 aromatic rings. The van der Waals surface area contributed by atoms with E-state index >= 15 is 0 Å². The van der Waals surface area contributed by atoms with Crippen molar-refractivity contribution >= 4 is 5.91 Å². The normalized spacial score (nSPS) is 29.0. The van der Waals surface area contributed by atoms with Gasteiger partial charge in [-0.05, 0) is 55.6 Å². The average molecular weight is 344 g/mol. The molecule has 1 amide bonds. The van der Waals surface area contributed by atoms with E-state index in [0.717, 1.165) is 31.6 Å². The molecule has 0 saturated heterocycles. The van der Waals surface area contributed by atoms with Gasteiger partial charge in [0.2, 0.25) is 5.91 Å². The highest BCUT2D eigenvalue weighted by Crippen LogP contribution is 2.32. The molecule has 2 aliphatic carbocycles. The summed E-state index contributed by atoms with van der Waals surface area (Å²) in [5, 5.41) is 14.0.